The molecule has 1 rings (SSSR count). The van der Waals surface area contributed by atoms with Crippen molar-refractivity contribution < 1.29 is 4.74 Å². The van der Waals surface area contributed by atoms with Crippen molar-refractivity contribution >= 4 is 0 Å². The maximum Gasteiger partial charge on any atom is 0.0738 e. The van der Waals surface area contributed by atoms with E-state index in [1.165, 1.54) is 19.4 Å². The van der Waals surface area contributed by atoms with Crippen LogP contribution in [0.3, 0.4) is 0 Å². The highest BCUT2D eigenvalue weighted by Crippen LogP contribution is 2.30. The molecule has 0 bridgehead atoms. The fourth-order valence-electron chi connectivity index (χ4n) is 2.16. The summed E-state index contributed by atoms with van der Waals surface area (Å²) in [5.41, 5.74) is 0.403. The molecule has 2 nitrogen and oxygen atoms in total. The summed E-state index contributed by atoms with van der Waals surface area (Å²) in [5, 5.41) is 0. The van der Waals surface area contributed by atoms with Gasteiger partial charge in [0.1, 0.15) is 0 Å². The molecule has 0 aliphatic carbocycles. The summed E-state index contributed by atoms with van der Waals surface area (Å²) >= 11 is 0. The van der Waals surface area contributed by atoms with Crippen LogP contribution in [0.15, 0.2) is 0 Å². The smallest absolute Gasteiger partial charge is 0.0738 e. The molecule has 2 heteroatoms. The molecule has 1 saturated heterocycles. The van der Waals surface area contributed by atoms with Gasteiger partial charge in [-0.25, -0.2) is 0 Å². The van der Waals surface area contributed by atoms with Crippen LogP contribution in [-0.4, -0.2) is 37.7 Å². The number of nitrogens with zero attached hydrogens (tertiary/aromatic N) is 1. The van der Waals surface area contributed by atoms with Crippen LogP contribution < -0.4 is 0 Å². The molecule has 1 heterocycles. The summed E-state index contributed by atoms with van der Waals surface area (Å²) < 4.78 is 5.50. The van der Waals surface area contributed by atoms with Crippen molar-refractivity contribution in [1.29, 1.82) is 0 Å². The minimum absolute atomic E-state index is 0.403. The van der Waals surface area contributed by atoms with E-state index in [4.69, 9.17) is 4.74 Å². The summed E-state index contributed by atoms with van der Waals surface area (Å²) in [5.74, 6) is 0. The molecule has 78 valence electrons. The molecular weight excluding hydrogens is 162 g/mol. The Hall–Kier alpha value is -0.0800. The lowest BCUT2D eigenvalue weighted by atomic mass is 9.86. The van der Waals surface area contributed by atoms with Gasteiger partial charge in [-0.05, 0) is 25.3 Å². The zero-order valence-electron chi connectivity index (χ0n) is 9.63. The van der Waals surface area contributed by atoms with E-state index >= 15 is 0 Å². The fourth-order valence-corrected chi connectivity index (χ4v) is 2.16. The summed E-state index contributed by atoms with van der Waals surface area (Å²) in [7, 11) is 4.04. The molecule has 0 amide bonds. The predicted molar refractivity (Wildman–Crippen MR) is 55.9 cm³/mol. The van der Waals surface area contributed by atoms with Crippen molar-refractivity contribution in [2.45, 2.75) is 45.8 Å². The SMILES string of the molecule is CO[C@H]1CCN(C)[C@@H]1CC(C)(C)C. The highest BCUT2D eigenvalue weighted by molar-refractivity contribution is 4.88. The van der Waals surface area contributed by atoms with Crippen molar-refractivity contribution in [3.63, 3.8) is 0 Å². The number of likely N-dealkylation sites (N-methyl/N-ethyl adjacent to an activating group) is 1. The molecule has 0 unspecified atom stereocenters. The number of ether oxygens (including phenoxy) is 1. The first-order chi connectivity index (χ1) is 5.94. The van der Waals surface area contributed by atoms with Gasteiger partial charge in [0.2, 0.25) is 0 Å². The zero-order chi connectivity index (χ0) is 10.1. The van der Waals surface area contributed by atoms with Crippen LogP contribution in [0.25, 0.3) is 0 Å². The first kappa shape index (κ1) is 11.0. The molecule has 0 N–H and O–H groups in total. The molecule has 0 aromatic carbocycles. The second kappa shape index (κ2) is 3.97. The van der Waals surface area contributed by atoms with Gasteiger partial charge in [-0.2, -0.15) is 0 Å². The third kappa shape index (κ3) is 2.96. The van der Waals surface area contributed by atoms with E-state index in [9.17, 15) is 0 Å². The highest BCUT2D eigenvalue weighted by atomic mass is 16.5. The van der Waals surface area contributed by atoms with Crippen molar-refractivity contribution in [1.82, 2.24) is 4.90 Å². The topological polar surface area (TPSA) is 12.5 Å². The number of likely N-dealkylation sites (tertiary alicyclic amines) is 1. The zero-order valence-corrected chi connectivity index (χ0v) is 9.63. The van der Waals surface area contributed by atoms with Gasteiger partial charge in [0.15, 0.2) is 0 Å². The molecule has 0 saturated carbocycles. The molecule has 0 aromatic rings. The Morgan fingerprint density at radius 2 is 2.00 bits per heavy atom. The van der Waals surface area contributed by atoms with E-state index in [0.717, 1.165) is 0 Å². The molecule has 0 aromatic heterocycles. The van der Waals surface area contributed by atoms with Crippen LogP contribution in [-0.2, 0) is 4.74 Å². The van der Waals surface area contributed by atoms with Crippen LogP contribution in [0.1, 0.15) is 33.6 Å². The van der Waals surface area contributed by atoms with Gasteiger partial charge in [-0.1, -0.05) is 20.8 Å². The van der Waals surface area contributed by atoms with Crippen molar-refractivity contribution in [2.75, 3.05) is 20.7 Å². The third-order valence-electron chi connectivity index (χ3n) is 2.89. The van der Waals surface area contributed by atoms with Crippen LogP contribution in [0.2, 0.25) is 0 Å². The third-order valence-corrected chi connectivity index (χ3v) is 2.89. The Balaban J connectivity index is 2.54. The van der Waals surface area contributed by atoms with E-state index in [2.05, 4.69) is 32.7 Å². The molecular formula is C11H23NO. The lowest BCUT2D eigenvalue weighted by molar-refractivity contribution is 0.0540. The standard InChI is InChI=1S/C11H23NO/c1-11(2,3)8-9-10(13-5)6-7-12(9)4/h9-10H,6-8H2,1-5H3/t9-,10+/m1/s1. The molecule has 0 radical (unpaired) electrons. The molecule has 13 heavy (non-hydrogen) atoms. The van der Waals surface area contributed by atoms with Crippen molar-refractivity contribution in [3.05, 3.63) is 0 Å². The molecule has 1 aliphatic rings. The van der Waals surface area contributed by atoms with Crippen molar-refractivity contribution in [2.24, 2.45) is 5.41 Å². The highest BCUT2D eigenvalue weighted by Gasteiger charge is 2.34. The van der Waals surface area contributed by atoms with E-state index in [1.54, 1.807) is 0 Å². The number of hydrogen-bond acceptors (Lipinski definition) is 2. The van der Waals surface area contributed by atoms with E-state index in [0.29, 0.717) is 17.6 Å². The molecule has 0 spiro atoms. The Kier molecular flexibility index (Phi) is 3.36. The largest absolute Gasteiger partial charge is 0.380 e. The summed E-state index contributed by atoms with van der Waals surface area (Å²) in [6.45, 7) is 8.07. The molecule has 1 aliphatic heterocycles. The Labute approximate surface area is 82.3 Å². The predicted octanol–water partition coefficient (Wildman–Crippen LogP) is 2.14. The van der Waals surface area contributed by atoms with Crippen LogP contribution in [0.5, 0.6) is 0 Å². The lowest BCUT2D eigenvalue weighted by Gasteiger charge is -2.30. The second-order valence-corrected chi connectivity index (χ2v) is 5.38. The molecule has 2 atom stereocenters. The average Bonchev–Trinajstić information content (AvgIpc) is 2.30. The number of hydrogen-bond donors (Lipinski definition) is 0. The average molecular weight is 185 g/mol. The summed E-state index contributed by atoms with van der Waals surface area (Å²) in [4.78, 5) is 2.43. The maximum absolute atomic E-state index is 5.50. The first-order valence-corrected chi connectivity index (χ1v) is 5.17. The first-order valence-electron chi connectivity index (χ1n) is 5.17. The Morgan fingerprint density at radius 1 is 1.38 bits per heavy atom. The lowest BCUT2D eigenvalue weighted by Crippen LogP contribution is -2.36. The Bertz CT molecular complexity index is 162. The van der Waals surface area contributed by atoms with Gasteiger partial charge in [-0.3, -0.25) is 0 Å². The minimum atomic E-state index is 0.403. The normalized spacial score (nSPS) is 31.2. The minimum Gasteiger partial charge on any atom is -0.380 e. The maximum atomic E-state index is 5.50. The quantitative estimate of drug-likeness (QED) is 0.653. The van der Waals surface area contributed by atoms with E-state index < -0.39 is 0 Å². The van der Waals surface area contributed by atoms with E-state index in [1.807, 2.05) is 7.11 Å². The van der Waals surface area contributed by atoms with E-state index in [-0.39, 0.29) is 0 Å². The van der Waals surface area contributed by atoms with Gasteiger partial charge in [0, 0.05) is 19.7 Å². The summed E-state index contributed by atoms with van der Waals surface area (Å²) in [6.07, 6.45) is 2.86. The van der Waals surface area contributed by atoms with Crippen molar-refractivity contribution in [3.8, 4) is 0 Å². The molecule has 1 fully saturated rings. The Morgan fingerprint density at radius 3 is 2.46 bits per heavy atom. The van der Waals surface area contributed by atoms with Gasteiger partial charge in [0.25, 0.3) is 0 Å². The van der Waals surface area contributed by atoms with Crippen LogP contribution in [0, 0.1) is 5.41 Å². The van der Waals surface area contributed by atoms with Gasteiger partial charge >= 0.3 is 0 Å². The second-order valence-electron chi connectivity index (χ2n) is 5.38. The fraction of sp³-hybridized carbons (Fsp3) is 1.00. The van der Waals surface area contributed by atoms with Crippen LogP contribution >= 0.6 is 0 Å². The number of methoxy groups -OCH3 is 1. The summed E-state index contributed by atoms with van der Waals surface area (Å²) in [6, 6.07) is 0.616. The number of rotatable bonds is 2. The van der Waals surface area contributed by atoms with Gasteiger partial charge < -0.3 is 9.64 Å². The monoisotopic (exact) mass is 185 g/mol. The van der Waals surface area contributed by atoms with Gasteiger partial charge in [-0.15, -0.1) is 0 Å². The van der Waals surface area contributed by atoms with Gasteiger partial charge in [0.05, 0.1) is 6.10 Å². The van der Waals surface area contributed by atoms with Crippen LogP contribution in [0.4, 0.5) is 0 Å².